The van der Waals surface area contributed by atoms with Crippen molar-refractivity contribution in [1.29, 1.82) is 0 Å². The van der Waals surface area contributed by atoms with E-state index in [-0.39, 0.29) is 11.6 Å². The zero-order chi connectivity index (χ0) is 13.2. The molecule has 2 heterocycles. The normalized spacial score (nSPS) is 16.3. The van der Waals surface area contributed by atoms with Gasteiger partial charge in [-0.2, -0.15) is 5.10 Å². The lowest BCUT2D eigenvalue weighted by Crippen LogP contribution is -2.24. The second-order valence-corrected chi connectivity index (χ2v) is 5.06. The van der Waals surface area contributed by atoms with Crippen molar-refractivity contribution in [1.82, 2.24) is 19.7 Å². The van der Waals surface area contributed by atoms with Gasteiger partial charge in [0.25, 0.3) is 5.56 Å². The van der Waals surface area contributed by atoms with Crippen LogP contribution in [0.15, 0.2) is 29.3 Å². The van der Waals surface area contributed by atoms with Crippen LogP contribution in [0.3, 0.4) is 0 Å². The highest BCUT2D eigenvalue weighted by molar-refractivity contribution is 5.35. The maximum Gasteiger partial charge on any atom is 0.252 e. The highest BCUT2D eigenvalue weighted by Crippen LogP contribution is 2.37. The number of aromatic amines is 1. The van der Waals surface area contributed by atoms with Crippen molar-refractivity contribution >= 4 is 5.82 Å². The summed E-state index contributed by atoms with van der Waals surface area (Å²) < 4.78 is 1.85. The standard InChI is InChI=1S/C13H17N5O/c1-9(8-18-6-2-5-14-18)15-11-7-12(19)17-13(16-11)10-3-4-10/h2,5-7,9-10H,3-4,8H2,1H3,(H2,15,16,17,19). The van der Waals surface area contributed by atoms with Crippen LogP contribution >= 0.6 is 0 Å². The Kier molecular flexibility index (Phi) is 3.06. The Bertz CT molecular complexity index is 600. The second-order valence-electron chi connectivity index (χ2n) is 5.06. The summed E-state index contributed by atoms with van der Waals surface area (Å²) in [6.07, 6.45) is 5.91. The van der Waals surface area contributed by atoms with E-state index in [9.17, 15) is 4.79 Å². The summed E-state index contributed by atoms with van der Waals surface area (Å²) in [6, 6.07) is 3.55. The predicted octanol–water partition coefficient (Wildman–Crippen LogP) is 1.34. The van der Waals surface area contributed by atoms with Crippen LogP contribution in [0, 0.1) is 0 Å². The van der Waals surface area contributed by atoms with Gasteiger partial charge < -0.3 is 10.3 Å². The summed E-state index contributed by atoms with van der Waals surface area (Å²) in [5.74, 6) is 1.89. The first-order valence-corrected chi connectivity index (χ1v) is 6.56. The first-order valence-electron chi connectivity index (χ1n) is 6.56. The summed E-state index contributed by atoms with van der Waals surface area (Å²) in [6.45, 7) is 2.78. The van der Waals surface area contributed by atoms with Gasteiger partial charge in [-0.3, -0.25) is 9.48 Å². The number of anilines is 1. The van der Waals surface area contributed by atoms with E-state index in [4.69, 9.17) is 0 Å². The number of nitrogens with zero attached hydrogens (tertiary/aromatic N) is 3. The third-order valence-electron chi connectivity index (χ3n) is 3.14. The molecular formula is C13H17N5O. The molecule has 2 N–H and O–H groups in total. The number of hydrogen-bond donors (Lipinski definition) is 2. The van der Waals surface area contributed by atoms with Crippen molar-refractivity contribution in [3.8, 4) is 0 Å². The highest BCUT2D eigenvalue weighted by atomic mass is 16.1. The number of hydrogen-bond acceptors (Lipinski definition) is 4. The lowest BCUT2D eigenvalue weighted by molar-refractivity contribution is 0.559. The van der Waals surface area contributed by atoms with Crippen molar-refractivity contribution in [2.24, 2.45) is 0 Å². The van der Waals surface area contributed by atoms with Gasteiger partial charge >= 0.3 is 0 Å². The molecule has 1 aliphatic rings. The van der Waals surface area contributed by atoms with Crippen LogP contribution in [0.5, 0.6) is 0 Å². The van der Waals surface area contributed by atoms with Crippen molar-refractivity contribution < 1.29 is 0 Å². The van der Waals surface area contributed by atoms with Crippen LogP contribution in [0.1, 0.15) is 31.5 Å². The van der Waals surface area contributed by atoms with Gasteiger partial charge in [0.05, 0.1) is 6.54 Å². The fourth-order valence-corrected chi connectivity index (χ4v) is 2.09. The van der Waals surface area contributed by atoms with E-state index in [1.165, 1.54) is 6.07 Å². The number of rotatable bonds is 5. The maximum absolute atomic E-state index is 11.6. The van der Waals surface area contributed by atoms with E-state index < -0.39 is 0 Å². The zero-order valence-corrected chi connectivity index (χ0v) is 10.8. The van der Waals surface area contributed by atoms with Gasteiger partial charge in [-0.05, 0) is 25.8 Å². The number of aromatic nitrogens is 4. The van der Waals surface area contributed by atoms with Gasteiger partial charge in [0.15, 0.2) is 0 Å². The molecule has 3 rings (SSSR count). The molecule has 1 fully saturated rings. The third-order valence-corrected chi connectivity index (χ3v) is 3.14. The molecule has 100 valence electrons. The fraction of sp³-hybridized carbons (Fsp3) is 0.462. The van der Waals surface area contributed by atoms with E-state index in [0.717, 1.165) is 25.2 Å². The summed E-state index contributed by atoms with van der Waals surface area (Å²) >= 11 is 0. The van der Waals surface area contributed by atoms with E-state index >= 15 is 0 Å². The van der Waals surface area contributed by atoms with Gasteiger partial charge in [0, 0.05) is 30.4 Å². The van der Waals surface area contributed by atoms with Gasteiger partial charge in [-0.25, -0.2) is 4.98 Å². The Morgan fingerprint density at radius 2 is 2.42 bits per heavy atom. The lowest BCUT2D eigenvalue weighted by atomic mass is 10.3. The summed E-state index contributed by atoms with van der Waals surface area (Å²) in [5, 5.41) is 7.41. The highest BCUT2D eigenvalue weighted by Gasteiger charge is 2.26. The molecule has 2 aromatic rings. The minimum absolute atomic E-state index is 0.0920. The molecule has 1 atom stereocenters. The lowest BCUT2D eigenvalue weighted by Gasteiger charge is -2.14. The minimum Gasteiger partial charge on any atom is -0.366 e. The Morgan fingerprint density at radius 1 is 1.58 bits per heavy atom. The van der Waals surface area contributed by atoms with Crippen molar-refractivity contribution in [3.05, 3.63) is 40.7 Å². The maximum atomic E-state index is 11.6. The van der Waals surface area contributed by atoms with Crippen LogP contribution in [0.2, 0.25) is 0 Å². The predicted molar refractivity (Wildman–Crippen MR) is 72.1 cm³/mol. The number of nitrogens with one attached hydrogen (secondary N) is 2. The molecule has 0 saturated heterocycles. The fourth-order valence-electron chi connectivity index (χ4n) is 2.09. The quantitative estimate of drug-likeness (QED) is 0.849. The molecular weight excluding hydrogens is 242 g/mol. The Labute approximate surface area is 110 Å². The molecule has 19 heavy (non-hydrogen) atoms. The van der Waals surface area contributed by atoms with Crippen LogP contribution in [-0.2, 0) is 6.54 Å². The monoisotopic (exact) mass is 259 g/mol. The molecule has 0 amide bonds. The van der Waals surface area contributed by atoms with Crippen LogP contribution < -0.4 is 10.9 Å². The van der Waals surface area contributed by atoms with E-state index in [0.29, 0.717) is 11.7 Å². The molecule has 1 aliphatic carbocycles. The minimum atomic E-state index is -0.0920. The number of H-pyrrole nitrogens is 1. The second kappa shape index (κ2) is 4.87. The Balaban J connectivity index is 1.70. The molecule has 0 spiro atoms. The third kappa shape index (κ3) is 3.01. The molecule has 2 aromatic heterocycles. The topological polar surface area (TPSA) is 75.6 Å². The molecule has 0 aromatic carbocycles. The van der Waals surface area contributed by atoms with Crippen LogP contribution in [0.4, 0.5) is 5.82 Å². The summed E-state index contributed by atoms with van der Waals surface area (Å²) in [4.78, 5) is 18.9. The van der Waals surface area contributed by atoms with Crippen molar-refractivity contribution in [2.45, 2.75) is 38.3 Å². The first-order chi connectivity index (χ1) is 9.20. The average Bonchev–Trinajstić information content (AvgIpc) is 3.08. The van der Waals surface area contributed by atoms with Gasteiger partial charge in [-0.15, -0.1) is 0 Å². The molecule has 6 nitrogen and oxygen atoms in total. The zero-order valence-electron chi connectivity index (χ0n) is 10.8. The smallest absolute Gasteiger partial charge is 0.252 e. The van der Waals surface area contributed by atoms with Crippen molar-refractivity contribution in [2.75, 3.05) is 5.32 Å². The van der Waals surface area contributed by atoms with Crippen LogP contribution in [-0.4, -0.2) is 25.8 Å². The van der Waals surface area contributed by atoms with Gasteiger partial charge in [0.1, 0.15) is 11.6 Å². The Morgan fingerprint density at radius 3 is 3.11 bits per heavy atom. The van der Waals surface area contributed by atoms with E-state index in [2.05, 4.69) is 20.4 Å². The molecule has 0 bridgehead atoms. The average molecular weight is 259 g/mol. The summed E-state index contributed by atoms with van der Waals surface area (Å²) in [7, 11) is 0. The molecule has 0 radical (unpaired) electrons. The first kappa shape index (κ1) is 12.0. The largest absolute Gasteiger partial charge is 0.366 e. The molecule has 0 aliphatic heterocycles. The summed E-state index contributed by atoms with van der Waals surface area (Å²) in [5.41, 5.74) is -0.0920. The SMILES string of the molecule is CC(Cn1cccn1)Nc1cc(=O)[nH]c(C2CC2)n1. The molecule has 1 unspecified atom stereocenters. The Hall–Kier alpha value is -2.11. The van der Waals surface area contributed by atoms with E-state index in [1.807, 2.05) is 23.9 Å². The van der Waals surface area contributed by atoms with Gasteiger partial charge in [-0.1, -0.05) is 0 Å². The molecule has 1 saturated carbocycles. The van der Waals surface area contributed by atoms with Gasteiger partial charge in [0.2, 0.25) is 0 Å². The van der Waals surface area contributed by atoms with Crippen molar-refractivity contribution in [3.63, 3.8) is 0 Å². The van der Waals surface area contributed by atoms with Crippen LogP contribution in [0.25, 0.3) is 0 Å². The van der Waals surface area contributed by atoms with E-state index in [1.54, 1.807) is 6.20 Å². The molecule has 6 heteroatoms.